The van der Waals surface area contributed by atoms with Crippen molar-refractivity contribution in [2.24, 2.45) is 0 Å². The number of ketones is 1. The molecule has 7 heteroatoms. The maximum absolute atomic E-state index is 13.0. The third kappa shape index (κ3) is 5.21. The maximum Gasteiger partial charge on any atom is 0.234 e. The van der Waals surface area contributed by atoms with Crippen LogP contribution in [-0.2, 0) is 4.79 Å². The van der Waals surface area contributed by atoms with E-state index in [0.29, 0.717) is 22.0 Å². The number of carbonyl (C=O) groups is 2. The smallest absolute Gasteiger partial charge is 0.234 e. The van der Waals surface area contributed by atoms with Crippen molar-refractivity contribution in [1.29, 1.82) is 0 Å². The van der Waals surface area contributed by atoms with E-state index in [1.54, 1.807) is 48.5 Å². The molecule has 3 rings (SSSR count). The van der Waals surface area contributed by atoms with Gasteiger partial charge in [-0.2, -0.15) is 0 Å². The van der Waals surface area contributed by atoms with E-state index in [9.17, 15) is 14.0 Å². The normalized spacial score (nSPS) is 10.4. The van der Waals surface area contributed by atoms with Gasteiger partial charge < -0.3 is 5.32 Å². The Labute approximate surface area is 160 Å². The summed E-state index contributed by atoms with van der Waals surface area (Å²) in [5, 5.41) is 11.6. The Hall–Kier alpha value is -3.06. The maximum atomic E-state index is 13.0. The summed E-state index contributed by atoms with van der Waals surface area (Å²) in [5.41, 5.74) is 2.63. The summed E-state index contributed by atoms with van der Waals surface area (Å²) in [7, 11) is 0. The SMILES string of the molecule is CC(=O)c1ccc(NC(=O)CSc2ccc(-c3ccc(F)cc3)nn2)cc1. The van der Waals surface area contributed by atoms with Crippen molar-refractivity contribution in [2.75, 3.05) is 11.1 Å². The van der Waals surface area contributed by atoms with E-state index in [-0.39, 0.29) is 23.3 Å². The lowest BCUT2D eigenvalue weighted by Crippen LogP contribution is -2.14. The molecule has 0 atom stereocenters. The van der Waals surface area contributed by atoms with E-state index in [1.165, 1.54) is 30.8 Å². The summed E-state index contributed by atoms with van der Waals surface area (Å²) in [5.74, 6) is -0.328. The highest BCUT2D eigenvalue weighted by atomic mass is 32.2. The predicted molar refractivity (Wildman–Crippen MR) is 103 cm³/mol. The first-order valence-electron chi connectivity index (χ1n) is 8.14. The quantitative estimate of drug-likeness (QED) is 0.511. The zero-order valence-electron chi connectivity index (χ0n) is 14.5. The molecule has 0 bridgehead atoms. The molecule has 1 amide bonds. The molecule has 5 nitrogen and oxygen atoms in total. The molecule has 0 spiro atoms. The lowest BCUT2D eigenvalue weighted by Gasteiger charge is -2.06. The molecule has 0 aliphatic carbocycles. The monoisotopic (exact) mass is 381 g/mol. The highest BCUT2D eigenvalue weighted by Gasteiger charge is 2.07. The van der Waals surface area contributed by atoms with Crippen LogP contribution in [0, 0.1) is 5.82 Å². The number of Topliss-reactive ketones (excluding diaryl/α,β-unsaturated/α-hetero) is 1. The molecule has 1 aromatic heterocycles. The second-order valence-corrected chi connectivity index (χ2v) is 6.73. The van der Waals surface area contributed by atoms with Crippen LogP contribution in [0.2, 0.25) is 0 Å². The third-order valence-corrected chi connectivity index (χ3v) is 4.63. The number of halogens is 1. The summed E-state index contributed by atoms with van der Waals surface area (Å²) < 4.78 is 13.0. The molecule has 3 aromatic rings. The van der Waals surface area contributed by atoms with Gasteiger partial charge in [0.25, 0.3) is 0 Å². The fourth-order valence-electron chi connectivity index (χ4n) is 2.30. The first kappa shape index (κ1) is 18.7. The van der Waals surface area contributed by atoms with E-state index in [0.717, 1.165) is 5.56 Å². The van der Waals surface area contributed by atoms with Gasteiger partial charge in [-0.3, -0.25) is 9.59 Å². The predicted octanol–water partition coefficient (Wildman–Crippen LogP) is 4.22. The molecular formula is C20H16FN3O2S. The summed E-state index contributed by atoms with van der Waals surface area (Å²) in [4.78, 5) is 23.3. The molecule has 2 aromatic carbocycles. The van der Waals surface area contributed by atoms with Crippen molar-refractivity contribution in [2.45, 2.75) is 11.9 Å². The average molecular weight is 381 g/mol. The summed E-state index contributed by atoms with van der Waals surface area (Å²) in [6, 6.07) is 16.3. The van der Waals surface area contributed by atoms with Crippen LogP contribution < -0.4 is 5.32 Å². The fraction of sp³-hybridized carbons (Fsp3) is 0.100. The molecule has 0 aliphatic rings. The Morgan fingerprint density at radius 3 is 2.26 bits per heavy atom. The summed E-state index contributed by atoms with van der Waals surface area (Å²) in [6.45, 7) is 1.49. The number of hydrogen-bond donors (Lipinski definition) is 1. The van der Waals surface area contributed by atoms with Gasteiger partial charge in [-0.05, 0) is 67.6 Å². The van der Waals surface area contributed by atoms with Crippen molar-refractivity contribution < 1.29 is 14.0 Å². The van der Waals surface area contributed by atoms with Gasteiger partial charge in [-0.15, -0.1) is 10.2 Å². The minimum absolute atomic E-state index is 0.0221. The number of rotatable bonds is 6. The van der Waals surface area contributed by atoms with Gasteiger partial charge >= 0.3 is 0 Å². The number of hydrogen-bond acceptors (Lipinski definition) is 5. The van der Waals surface area contributed by atoms with Crippen LogP contribution in [-0.4, -0.2) is 27.6 Å². The first-order valence-corrected chi connectivity index (χ1v) is 9.13. The Morgan fingerprint density at radius 1 is 0.963 bits per heavy atom. The molecule has 0 saturated carbocycles. The molecular weight excluding hydrogens is 365 g/mol. The molecule has 0 fully saturated rings. The number of aromatic nitrogens is 2. The molecule has 0 aliphatic heterocycles. The Kier molecular flexibility index (Phi) is 5.93. The van der Waals surface area contributed by atoms with E-state index < -0.39 is 0 Å². The van der Waals surface area contributed by atoms with Gasteiger partial charge in [0, 0.05) is 16.8 Å². The number of anilines is 1. The van der Waals surface area contributed by atoms with Crippen molar-refractivity contribution in [1.82, 2.24) is 10.2 Å². The zero-order valence-corrected chi connectivity index (χ0v) is 15.3. The molecule has 1 N–H and O–H groups in total. The first-order chi connectivity index (χ1) is 13.0. The van der Waals surface area contributed by atoms with Crippen molar-refractivity contribution in [3.05, 3.63) is 72.0 Å². The third-order valence-electron chi connectivity index (χ3n) is 3.71. The number of benzene rings is 2. The molecule has 27 heavy (non-hydrogen) atoms. The zero-order chi connectivity index (χ0) is 19.2. The summed E-state index contributed by atoms with van der Waals surface area (Å²) in [6.07, 6.45) is 0. The second kappa shape index (κ2) is 8.55. The van der Waals surface area contributed by atoms with E-state index >= 15 is 0 Å². The second-order valence-electron chi connectivity index (χ2n) is 5.73. The molecule has 0 radical (unpaired) electrons. The van der Waals surface area contributed by atoms with Crippen LogP contribution in [0.3, 0.4) is 0 Å². The van der Waals surface area contributed by atoms with Gasteiger partial charge in [0.15, 0.2) is 5.78 Å². The van der Waals surface area contributed by atoms with Crippen LogP contribution >= 0.6 is 11.8 Å². The fourth-order valence-corrected chi connectivity index (χ4v) is 2.91. The van der Waals surface area contributed by atoms with Gasteiger partial charge in [0.05, 0.1) is 11.4 Å². The highest BCUT2D eigenvalue weighted by Crippen LogP contribution is 2.20. The number of thioether (sulfide) groups is 1. The average Bonchev–Trinajstić information content (AvgIpc) is 2.68. The molecule has 0 unspecified atom stereocenters. The lowest BCUT2D eigenvalue weighted by molar-refractivity contribution is -0.113. The van der Waals surface area contributed by atoms with Crippen LogP contribution in [0.4, 0.5) is 10.1 Å². The van der Waals surface area contributed by atoms with Crippen LogP contribution in [0.15, 0.2) is 65.7 Å². The lowest BCUT2D eigenvalue weighted by atomic mass is 10.1. The number of nitrogens with zero attached hydrogens (tertiary/aromatic N) is 2. The van der Waals surface area contributed by atoms with E-state index in [4.69, 9.17) is 0 Å². The standard InChI is InChI=1S/C20H16FN3O2S/c1-13(25)14-4-8-17(9-5-14)22-19(26)12-27-20-11-10-18(23-24-20)15-2-6-16(21)7-3-15/h2-11H,12H2,1H3,(H,22,26). The van der Waals surface area contributed by atoms with E-state index in [1.807, 2.05) is 0 Å². The highest BCUT2D eigenvalue weighted by molar-refractivity contribution is 7.99. The van der Waals surface area contributed by atoms with Gasteiger partial charge in [0.1, 0.15) is 10.8 Å². The molecule has 136 valence electrons. The number of nitrogens with one attached hydrogen (secondary N) is 1. The molecule has 1 heterocycles. The Bertz CT molecular complexity index is 942. The van der Waals surface area contributed by atoms with Gasteiger partial charge in [-0.1, -0.05) is 11.8 Å². The minimum Gasteiger partial charge on any atom is -0.325 e. The minimum atomic E-state index is -0.305. The number of amides is 1. The van der Waals surface area contributed by atoms with Crippen LogP contribution in [0.1, 0.15) is 17.3 Å². The van der Waals surface area contributed by atoms with E-state index in [2.05, 4.69) is 15.5 Å². The Balaban J connectivity index is 1.54. The molecule has 0 saturated heterocycles. The topological polar surface area (TPSA) is 72.0 Å². The van der Waals surface area contributed by atoms with Crippen molar-refractivity contribution in [3.63, 3.8) is 0 Å². The Morgan fingerprint density at radius 2 is 1.67 bits per heavy atom. The van der Waals surface area contributed by atoms with Crippen LogP contribution in [0.5, 0.6) is 0 Å². The van der Waals surface area contributed by atoms with Crippen LogP contribution in [0.25, 0.3) is 11.3 Å². The van der Waals surface area contributed by atoms with Gasteiger partial charge in [-0.25, -0.2) is 4.39 Å². The summed E-state index contributed by atoms with van der Waals surface area (Å²) >= 11 is 1.26. The van der Waals surface area contributed by atoms with Crippen molar-refractivity contribution >= 4 is 29.1 Å². The largest absolute Gasteiger partial charge is 0.325 e. The van der Waals surface area contributed by atoms with Crippen molar-refractivity contribution in [3.8, 4) is 11.3 Å². The number of carbonyl (C=O) groups excluding carboxylic acids is 2. The van der Waals surface area contributed by atoms with Gasteiger partial charge in [0.2, 0.25) is 5.91 Å².